The lowest BCUT2D eigenvalue weighted by Crippen LogP contribution is -2.52. The monoisotopic (exact) mass is 274 g/mol. The molecule has 2 N–H and O–H groups in total. The largest absolute Gasteiger partial charge is 0.327 e. The van der Waals surface area contributed by atoms with Crippen molar-refractivity contribution < 1.29 is 8.42 Å². The van der Waals surface area contributed by atoms with Crippen LogP contribution in [-0.4, -0.2) is 50.5 Å². The van der Waals surface area contributed by atoms with Crippen LogP contribution in [0.1, 0.15) is 33.1 Å². The lowest BCUT2D eigenvalue weighted by Gasteiger charge is -2.44. The van der Waals surface area contributed by atoms with E-state index in [1.54, 1.807) is 0 Å². The van der Waals surface area contributed by atoms with E-state index in [1.807, 2.05) is 0 Å². The van der Waals surface area contributed by atoms with Gasteiger partial charge in [0.25, 0.3) is 0 Å². The Hall–Kier alpha value is -0.130. The first-order chi connectivity index (χ1) is 8.30. The summed E-state index contributed by atoms with van der Waals surface area (Å²) < 4.78 is 22.8. The lowest BCUT2D eigenvalue weighted by atomic mass is 9.68. The SMILES string of the molecule is CC1(C)CCCC(CN2CCS(=O)(=O)CC2)C1N. The third-order valence-corrected chi connectivity index (χ3v) is 6.35. The summed E-state index contributed by atoms with van der Waals surface area (Å²) in [7, 11) is -2.77. The summed E-state index contributed by atoms with van der Waals surface area (Å²) in [4.78, 5) is 2.28. The van der Waals surface area contributed by atoms with Crippen LogP contribution in [0.3, 0.4) is 0 Å². The van der Waals surface area contributed by atoms with Gasteiger partial charge in [-0.15, -0.1) is 0 Å². The molecular formula is C13H26N2O2S. The number of nitrogens with zero attached hydrogens (tertiary/aromatic N) is 1. The van der Waals surface area contributed by atoms with E-state index in [0.29, 0.717) is 30.5 Å². The van der Waals surface area contributed by atoms with Gasteiger partial charge in [-0.2, -0.15) is 0 Å². The van der Waals surface area contributed by atoms with Crippen molar-refractivity contribution in [1.82, 2.24) is 4.90 Å². The zero-order chi connectivity index (χ0) is 13.4. The van der Waals surface area contributed by atoms with E-state index in [9.17, 15) is 8.42 Å². The van der Waals surface area contributed by atoms with Crippen LogP contribution in [-0.2, 0) is 9.84 Å². The van der Waals surface area contributed by atoms with Crippen molar-refractivity contribution in [3.63, 3.8) is 0 Å². The highest BCUT2D eigenvalue weighted by Crippen LogP contribution is 2.38. The molecular weight excluding hydrogens is 248 g/mol. The van der Waals surface area contributed by atoms with Gasteiger partial charge in [-0.05, 0) is 24.2 Å². The maximum Gasteiger partial charge on any atom is 0.152 e. The maximum absolute atomic E-state index is 11.4. The number of rotatable bonds is 2. The second-order valence-electron chi connectivity index (χ2n) is 6.62. The average Bonchev–Trinajstić information content (AvgIpc) is 2.27. The van der Waals surface area contributed by atoms with Crippen molar-refractivity contribution in [2.75, 3.05) is 31.1 Å². The molecule has 4 nitrogen and oxygen atoms in total. The highest BCUT2D eigenvalue weighted by molar-refractivity contribution is 7.91. The van der Waals surface area contributed by atoms with Gasteiger partial charge in [0.05, 0.1) is 11.5 Å². The van der Waals surface area contributed by atoms with Crippen molar-refractivity contribution in [3.8, 4) is 0 Å². The smallest absolute Gasteiger partial charge is 0.152 e. The van der Waals surface area contributed by atoms with Crippen molar-refractivity contribution in [1.29, 1.82) is 0 Å². The van der Waals surface area contributed by atoms with Crippen molar-refractivity contribution in [2.24, 2.45) is 17.1 Å². The molecule has 2 rings (SSSR count). The minimum Gasteiger partial charge on any atom is -0.327 e. The molecule has 5 heteroatoms. The number of hydrogen-bond acceptors (Lipinski definition) is 4. The second-order valence-corrected chi connectivity index (χ2v) is 8.92. The molecule has 0 aromatic carbocycles. The van der Waals surface area contributed by atoms with E-state index in [0.717, 1.165) is 6.54 Å². The summed E-state index contributed by atoms with van der Waals surface area (Å²) in [6.45, 7) is 6.85. The molecule has 0 bridgehead atoms. The fourth-order valence-electron chi connectivity index (χ4n) is 3.27. The Bertz CT molecular complexity index is 378. The molecule has 1 saturated carbocycles. The van der Waals surface area contributed by atoms with Gasteiger partial charge < -0.3 is 10.6 Å². The van der Waals surface area contributed by atoms with Crippen LogP contribution in [0.5, 0.6) is 0 Å². The minimum atomic E-state index is -2.77. The number of hydrogen-bond donors (Lipinski definition) is 1. The van der Waals surface area contributed by atoms with E-state index >= 15 is 0 Å². The van der Waals surface area contributed by atoms with Crippen molar-refractivity contribution >= 4 is 9.84 Å². The van der Waals surface area contributed by atoms with Crippen LogP contribution in [0.15, 0.2) is 0 Å². The Morgan fingerprint density at radius 3 is 2.50 bits per heavy atom. The molecule has 1 aliphatic carbocycles. The fraction of sp³-hybridized carbons (Fsp3) is 1.00. The minimum absolute atomic E-state index is 0.227. The van der Waals surface area contributed by atoms with Gasteiger partial charge in [-0.1, -0.05) is 20.3 Å². The number of nitrogens with two attached hydrogens (primary N) is 1. The Balaban J connectivity index is 1.90. The van der Waals surface area contributed by atoms with Crippen LogP contribution in [0.4, 0.5) is 0 Å². The van der Waals surface area contributed by atoms with Crippen molar-refractivity contribution in [3.05, 3.63) is 0 Å². The van der Waals surface area contributed by atoms with Gasteiger partial charge in [0.1, 0.15) is 0 Å². The molecule has 2 aliphatic rings. The van der Waals surface area contributed by atoms with Gasteiger partial charge >= 0.3 is 0 Å². The van der Waals surface area contributed by atoms with Gasteiger partial charge in [-0.3, -0.25) is 0 Å². The molecule has 0 aromatic rings. The van der Waals surface area contributed by atoms with Gasteiger partial charge in [0, 0.05) is 25.7 Å². The molecule has 1 aliphatic heterocycles. The molecule has 2 unspecified atom stereocenters. The highest BCUT2D eigenvalue weighted by atomic mass is 32.2. The molecule has 1 heterocycles. The van der Waals surface area contributed by atoms with Crippen molar-refractivity contribution in [2.45, 2.75) is 39.2 Å². The third-order valence-electron chi connectivity index (χ3n) is 4.74. The molecule has 2 fully saturated rings. The highest BCUT2D eigenvalue weighted by Gasteiger charge is 2.37. The Morgan fingerprint density at radius 2 is 1.89 bits per heavy atom. The molecule has 18 heavy (non-hydrogen) atoms. The first-order valence-electron chi connectivity index (χ1n) is 6.98. The van der Waals surface area contributed by atoms with E-state index in [1.165, 1.54) is 19.3 Å². The first-order valence-corrected chi connectivity index (χ1v) is 8.81. The summed E-state index contributed by atoms with van der Waals surface area (Å²) in [5.74, 6) is 1.16. The van der Waals surface area contributed by atoms with Gasteiger partial charge in [0.2, 0.25) is 0 Å². The zero-order valence-corrected chi connectivity index (χ0v) is 12.4. The summed E-state index contributed by atoms with van der Waals surface area (Å²) >= 11 is 0. The molecule has 106 valence electrons. The first kappa shape index (κ1) is 14.3. The maximum atomic E-state index is 11.4. The zero-order valence-electron chi connectivity index (χ0n) is 11.6. The van der Waals surface area contributed by atoms with E-state index in [2.05, 4.69) is 18.7 Å². The number of sulfone groups is 1. The molecule has 0 amide bonds. The third kappa shape index (κ3) is 3.25. The standard InChI is InChI=1S/C13H26N2O2S/c1-13(2)5-3-4-11(12(13)14)10-15-6-8-18(16,17)9-7-15/h11-12H,3-10,14H2,1-2H3. The predicted octanol–water partition coefficient (Wildman–Crippen LogP) is 0.870. The second kappa shape index (κ2) is 5.10. The molecule has 0 radical (unpaired) electrons. The van der Waals surface area contributed by atoms with Crippen LogP contribution in [0.25, 0.3) is 0 Å². The topological polar surface area (TPSA) is 63.4 Å². The quantitative estimate of drug-likeness (QED) is 0.811. The molecule has 0 spiro atoms. The summed E-state index contributed by atoms with van der Waals surface area (Å²) in [5, 5.41) is 0. The lowest BCUT2D eigenvalue weighted by molar-refractivity contribution is 0.105. The Morgan fingerprint density at radius 1 is 1.28 bits per heavy atom. The molecule has 1 saturated heterocycles. The van der Waals surface area contributed by atoms with Crippen LogP contribution in [0, 0.1) is 11.3 Å². The van der Waals surface area contributed by atoms with E-state index < -0.39 is 9.84 Å². The molecule has 2 atom stereocenters. The van der Waals surface area contributed by atoms with Crippen LogP contribution >= 0.6 is 0 Å². The van der Waals surface area contributed by atoms with Gasteiger partial charge in [0.15, 0.2) is 9.84 Å². The fourth-order valence-corrected chi connectivity index (χ4v) is 4.55. The Kier molecular flexibility index (Phi) is 4.04. The molecule has 0 aromatic heterocycles. The van der Waals surface area contributed by atoms with Crippen LogP contribution < -0.4 is 5.73 Å². The van der Waals surface area contributed by atoms with Gasteiger partial charge in [-0.25, -0.2) is 8.42 Å². The predicted molar refractivity (Wildman–Crippen MR) is 74.2 cm³/mol. The summed E-state index contributed by atoms with van der Waals surface area (Å²) in [6.07, 6.45) is 3.64. The van der Waals surface area contributed by atoms with E-state index in [-0.39, 0.29) is 11.5 Å². The average molecular weight is 274 g/mol. The van der Waals surface area contributed by atoms with E-state index in [4.69, 9.17) is 5.73 Å². The normalized spacial score (nSPS) is 36.4. The summed E-state index contributed by atoms with van der Waals surface area (Å²) in [5.41, 5.74) is 6.61. The Labute approximate surface area is 111 Å². The van der Waals surface area contributed by atoms with Crippen LogP contribution in [0.2, 0.25) is 0 Å². The summed E-state index contributed by atoms with van der Waals surface area (Å²) in [6, 6.07) is 0.241.